The van der Waals surface area contributed by atoms with Gasteiger partial charge in [0.1, 0.15) is 5.52 Å². The van der Waals surface area contributed by atoms with Gasteiger partial charge in [-0.05, 0) is 49.4 Å². The van der Waals surface area contributed by atoms with Crippen molar-refractivity contribution in [1.82, 2.24) is 15.0 Å². The summed E-state index contributed by atoms with van der Waals surface area (Å²) in [5.41, 5.74) is 4.61. The molecule has 31 heavy (non-hydrogen) atoms. The second-order valence-electron chi connectivity index (χ2n) is 7.71. The number of halogens is 2. The van der Waals surface area contributed by atoms with E-state index >= 15 is 4.39 Å². The van der Waals surface area contributed by atoms with Gasteiger partial charge in [0.15, 0.2) is 5.82 Å². The normalized spacial score (nSPS) is 13.5. The first-order chi connectivity index (χ1) is 15.0. The fourth-order valence-corrected chi connectivity index (χ4v) is 3.53. The zero-order chi connectivity index (χ0) is 22.0. The molecule has 2 N–H and O–H groups in total. The molecule has 1 heterocycles. The van der Waals surface area contributed by atoms with Crippen molar-refractivity contribution >= 4 is 39.9 Å². The number of nitrogens with one attached hydrogen (secondary N) is 2. The minimum absolute atomic E-state index is 0.0113. The molecule has 1 fully saturated rings. The number of anilines is 2. The van der Waals surface area contributed by atoms with Crippen LogP contribution in [-0.2, 0) is 16.1 Å². The van der Waals surface area contributed by atoms with E-state index in [-0.39, 0.29) is 16.8 Å². The van der Waals surface area contributed by atoms with Crippen molar-refractivity contribution in [2.24, 2.45) is 5.92 Å². The highest BCUT2D eigenvalue weighted by Gasteiger charge is 2.25. The lowest BCUT2D eigenvalue weighted by molar-refractivity contribution is 0.0271. The fourth-order valence-electron chi connectivity index (χ4n) is 3.25. The van der Waals surface area contributed by atoms with Crippen LogP contribution in [0.4, 0.5) is 15.8 Å². The Bertz CT molecular complexity index is 1110. The molecule has 4 rings (SSSR count). The Hall–Kier alpha value is -2.68. The number of aromatic nitrogens is 2. The van der Waals surface area contributed by atoms with Crippen LogP contribution >= 0.6 is 11.6 Å². The first kappa shape index (κ1) is 21.5. The molecule has 9 heteroatoms. The van der Waals surface area contributed by atoms with Crippen molar-refractivity contribution in [2.45, 2.75) is 26.3 Å². The summed E-state index contributed by atoms with van der Waals surface area (Å²) >= 11 is 6.32. The number of hydroxylamine groups is 1. The summed E-state index contributed by atoms with van der Waals surface area (Å²) in [5.74, 6) is -0.719. The number of ether oxygens (including phenoxy) is 1. The van der Waals surface area contributed by atoms with E-state index in [1.807, 2.05) is 13.0 Å². The van der Waals surface area contributed by atoms with Crippen LogP contribution in [0.2, 0.25) is 5.02 Å². The van der Waals surface area contributed by atoms with Crippen molar-refractivity contribution in [3.8, 4) is 0 Å². The van der Waals surface area contributed by atoms with Gasteiger partial charge in [0, 0.05) is 13.7 Å². The number of hydrogen-bond donors (Lipinski definition) is 2. The standard InChI is InChI=1S/C22H24ClFN4O3/c1-13-3-6-17(16(23)9-13)26-20-15(22(29)27-31-11-14-4-5-14)10-18-21(19(20)24)25-12-28(18)7-8-30-2/h3,6,9-10,12,14,26H,4-5,7-8,11H2,1-2H3,(H,27,29). The van der Waals surface area contributed by atoms with Crippen LogP contribution in [0.5, 0.6) is 0 Å². The van der Waals surface area contributed by atoms with Gasteiger partial charge in [0.25, 0.3) is 5.91 Å². The second-order valence-corrected chi connectivity index (χ2v) is 8.11. The lowest BCUT2D eigenvalue weighted by Gasteiger charge is -2.16. The molecule has 1 amide bonds. The van der Waals surface area contributed by atoms with Gasteiger partial charge in [-0.3, -0.25) is 9.63 Å². The first-order valence-electron chi connectivity index (χ1n) is 10.1. The smallest absolute Gasteiger partial charge is 0.277 e. The van der Waals surface area contributed by atoms with Gasteiger partial charge < -0.3 is 14.6 Å². The zero-order valence-corrected chi connectivity index (χ0v) is 18.1. The highest BCUT2D eigenvalue weighted by atomic mass is 35.5. The maximum absolute atomic E-state index is 15.5. The van der Waals surface area contributed by atoms with Crippen molar-refractivity contribution in [1.29, 1.82) is 0 Å². The molecule has 1 aliphatic carbocycles. The molecule has 0 saturated heterocycles. The monoisotopic (exact) mass is 446 g/mol. The van der Waals surface area contributed by atoms with Gasteiger partial charge in [-0.25, -0.2) is 14.9 Å². The molecule has 0 radical (unpaired) electrons. The number of nitrogens with zero attached hydrogens (tertiary/aromatic N) is 2. The summed E-state index contributed by atoms with van der Waals surface area (Å²) in [4.78, 5) is 22.4. The third-order valence-electron chi connectivity index (χ3n) is 5.20. The largest absolute Gasteiger partial charge is 0.383 e. The molecule has 2 aromatic carbocycles. The minimum atomic E-state index is -0.641. The Kier molecular flexibility index (Phi) is 6.41. The molecule has 0 spiro atoms. The van der Waals surface area contributed by atoms with Gasteiger partial charge in [-0.15, -0.1) is 0 Å². The molecule has 3 aromatic rings. The minimum Gasteiger partial charge on any atom is -0.383 e. The van der Waals surface area contributed by atoms with Crippen molar-refractivity contribution in [2.75, 3.05) is 25.6 Å². The number of methoxy groups -OCH3 is 1. The maximum Gasteiger partial charge on any atom is 0.277 e. The average molecular weight is 447 g/mol. The molecule has 1 aliphatic rings. The molecular weight excluding hydrogens is 423 g/mol. The van der Waals surface area contributed by atoms with E-state index in [4.69, 9.17) is 21.2 Å². The van der Waals surface area contributed by atoms with Crippen molar-refractivity contribution in [3.63, 3.8) is 0 Å². The molecule has 0 bridgehead atoms. The van der Waals surface area contributed by atoms with Gasteiger partial charge >= 0.3 is 0 Å². The number of benzene rings is 2. The van der Waals surface area contributed by atoms with Crippen LogP contribution in [0.3, 0.4) is 0 Å². The summed E-state index contributed by atoms with van der Waals surface area (Å²) < 4.78 is 22.4. The van der Waals surface area contributed by atoms with E-state index in [2.05, 4.69) is 15.8 Å². The summed E-state index contributed by atoms with van der Waals surface area (Å²) in [6.45, 7) is 3.25. The second kappa shape index (κ2) is 9.21. The van der Waals surface area contributed by atoms with Crippen LogP contribution in [0, 0.1) is 18.7 Å². The van der Waals surface area contributed by atoms with E-state index in [1.54, 1.807) is 29.9 Å². The third-order valence-corrected chi connectivity index (χ3v) is 5.51. The molecule has 7 nitrogen and oxygen atoms in total. The number of carbonyl (C=O) groups excluding carboxylic acids is 1. The highest BCUT2D eigenvalue weighted by Crippen LogP contribution is 2.34. The third kappa shape index (κ3) is 4.81. The highest BCUT2D eigenvalue weighted by molar-refractivity contribution is 6.33. The van der Waals surface area contributed by atoms with Crippen LogP contribution in [-0.4, -0.2) is 35.8 Å². The Morgan fingerprint density at radius 1 is 1.35 bits per heavy atom. The molecule has 1 aromatic heterocycles. The number of hydrogen-bond acceptors (Lipinski definition) is 5. The summed E-state index contributed by atoms with van der Waals surface area (Å²) in [6.07, 6.45) is 3.71. The van der Waals surface area contributed by atoms with Gasteiger partial charge in [-0.2, -0.15) is 0 Å². The number of imidazole rings is 1. The van der Waals surface area contributed by atoms with E-state index in [0.717, 1.165) is 18.4 Å². The fraction of sp³-hybridized carbons (Fsp3) is 0.364. The molecule has 0 unspecified atom stereocenters. The number of carbonyl (C=O) groups is 1. The lowest BCUT2D eigenvalue weighted by Crippen LogP contribution is -2.26. The molecular formula is C22H24ClFN4O3. The van der Waals surface area contributed by atoms with Gasteiger partial charge in [0.05, 0.1) is 47.0 Å². The average Bonchev–Trinajstić information content (AvgIpc) is 3.48. The Balaban J connectivity index is 1.73. The Labute approximate surface area is 184 Å². The van der Waals surface area contributed by atoms with E-state index in [1.165, 1.54) is 6.33 Å². The van der Waals surface area contributed by atoms with E-state index in [0.29, 0.717) is 41.9 Å². The first-order valence-corrected chi connectivity index (χ1v) is 10.5. The van der Waals surface area contributed by atoms with Crippen LogP contribution < -0.4 is 10.8 Å². The summed E-state index contributed by atoms with van der Waals surface area (Å²) in [5, 5.41) is 3.39. The molecule has 0 atom stereocenters. The Morgan fingerprint density at radius 2 is 2.16 bits per heavy atom. The van der Waals surface area contributed by atoms with Crippen LogP contribution in [0.1, 0.15) is 28.8 Å². The number of aryl methyl sites for hydroxylation is 1. The predicted molar refractivity (Wildman–Crippen MR) is 117 cm³/mol. The SMILES string of the molecule is COCCn1cnc2c(F)c(Nc3ccc(C)cc3Cl)c(C(=O)NOCC3CC3)cc21. The predicted octanol–water partition coefficient (Wildman–Crippen LogP) is 4.60. The van der Waals surface area contributed by atoms with Crippen LogP contribution in [0.25, 0.3) is 11.0 Å². The maximum atomic E-state index is 15.5. The molecule has 164 valence electrons. The summed E-state index contributed by atoms with van der Waals surface area (Å²) in [6, 6.07) is 6.95. The number of fused-ring (bicyclic) bond motifs is 1. The van der Waals surface area contributed by atoms with E-state index in [9.17, 15) is 4.79 Å². The Morgan fingerprint density at radius 3 is 2.87 bits per heavy atom. The molecule has 0 aliphatic heterocycles. The van der Waals surface area contributed by atoms with Crippen molar-refractivity contribution < 1.29 is 18.8 Å². The van der Waals surface area contributed by atoms with Gasteiger partial charge in [0.2, 0.25) is 0 Å². The van der Waals surface area contributed by atoms with Crippen LogP contribution in [0.15, 0.2) is 30.6 Å². The van der Waals surface area contributed by atoms with Crippen molar-refractivity contribution in [3.05, 3.63) is 52.6 Å². The molecule has 1 saturated carbocycles. The van der Waals surface area contributed by atoms with E-state index < -0.39 is 11.7 Å². The number of amides is 1. The zero-order valence-electron chi connectivity index (χ0n) is 17.4. The quantitative estimate of drug-likeness (QED) is 0.470. The lowest BCUT2D eigenvalue weighted by atomic mass is 10.1. The number of rotatable bonds is 9. The van der Waals surface area contributed by atoms with Gasteiger partial charge in [-0.1, -0.05) is 17.7 Å². The summed E-state index contributed by atoms with van der Waals surface area (Å²) in [7, 11) is 1.59. The topological polar surface area (TPSA) is 77.4 Å².